The van der Waals surface area contributed by atoms with Crippen molar-refractivity contribution in [1.29, 1.82) is 0 Å². The Morgan fingerprint density at radius 1 is 0.667 bits per heavy atom. The first-order valence-electron chi connectivity index (χ1n) is 5.83. The quantitative estimate of drug-likeness (QED) is 0.658. The molecule has 18 heavy (non-hydrogen) atoms. The van der Waals surface area contributed by atoms with Crippen LogP contribution in [0.5, 0.6) is 0 Å². The first kappa shape index (κ1) is 11.1. The number of thiophene rings is 1. The Morgan fingerprint density at radius 3 is 1.78 bits per heavy atom. The lowest BCUT2D eigenvalue weighted by Gasteiger charge is -2.04. The fourth-order valence-corrected chi connectivity index (χ4v) is 2.68. The van der Waals surface area contributed by atoms with Crippen LogP contribution in [0.3, 0.4) is 0 Å². The fraction of sp³-hybridized carbons (Fsp3) is 0. The van der Waals surface area contributed by atoms with E-state index >= 15 is 0 Å². The largest absolute Gasteiger partial charge is 0.399 e. The molecule has 0 saturated heterocycles. The summed E-state index contributed by atoms with van der Waals surface area (Å²) >= 11 is 1.76. The maximum atomic E-state index is 5.69. The molecule has 3 rings (SSSR count). The zero-order valence-corrected chi connectivity index (χ0v) is 10.7. The molecular weight excluding hydrogens is 238 g/mol. The summed E-state index contributed by atoms with van der Waals surface area (Å²) in [5.74, 6) is 0. The Labute approximate surface area is 111 Å². The van der Waals surface area contributed by atoms with E-state index in [9.17, 15) is 0 Å². The van der Waals surface area contributed by atoms with E-state index < -0.39 is 0 Å². The van der Waals surface area contributed by atoms with Gasteiger partial charge in [-0.3, -0.25) is 0 Å². The van der Waals surface area contributed by atoms with Crippen LogP contribution in [0.25, 0.3) is 21.6 Å². The van der Waals surface area contributed by atoms with Gasteiger partial charge in [0.1, 0.15) is 0 Å². The molecule has 0 aliphatic heterocycles. The van der Waals surface area contributed by atoms with Crippen molar-refractivity contribution in [3.05, 3.63) is 66.0 Å². The SMILES string of the molecule is Nc1ccc(-c2ccc(-c3cccs3)cc2)cc1. The van der Waals surface area contributed by atoms with Crippen molar-refractivity contribution in [2.75, 3.05) is 5.73 Å². The summed E-state index contributed by atoms with van der Waals surface area (Å²) in [7, 11) is 0. The number of anilines is 1. The van der Waals surface area contributed by atoms with E-state index in [1.807, 2.05) is 12.1 Å². The summed E-state index contributed by atoms with van der Waals surface area (Å²) in [6.45, 7) is 0. The molecule has 88 valence electrons. The average molecular weight is 251 g/mol. The highest BCUT2D eigenvalue weighted by Gasteiger charge is 2.00. The van der Waals surface area contributed by atoms with Crippen LogP contribution in [-0.4, -0.2) is 0 Å². The summed E-state index contributed by atoms with van der Waals surface area (Å²) in [4.78, 5) is 1.30. The standard InChI is InChI=1S/C16H13NS/c17-15-9-7-13(8-10-15)12-3-5-14(6-4-12)16-2-1-11-18-16/h1-11H,17H2. The molecule has 0 fully saturated rings. The second-order valence-electron chi connectivity index (χ2n) is 4.18. The van der Waals surface area contributed by atoms with Gasteiger partial charge in [0.15, 0.2) is 0 Å². The Morgan fingerprint density at radius 2 is 1.22 bits per heavy atom. The Kier molecular flexibility index (Phi) is 2.87. The van der Waals surface area contributed by atoms with Crippen molar-refractivity contribution in [2.45, 2.75) is 0 Å². The van der Waals surface area contributed by atoms with E-state index in [4.69, 9.17) is 5.73 Å². The molecule has 1 nitrogen and oxygen atoms in total. The molecular formula is C16H13NS. The van der Waals surface area contributed by atoms with E-state index in [2.05, 4.69) is 53.9 Å². The maximum Gasteiger partial charge on any atom is 0.0342 e. The summed E-state index contributed by atoms with van der Waals surface area (Å²) in [5, 5.41) is 2.10. The topological polar surface area (TPSA) is 26.0 Å². The molecule has 2 N–H and O–H groups in total. The van der Waals surface area contributed by atoms with Gasteiger partial charge in [0.2, 0.25) is 0 Å². The number of hydrogen-bond acceptors (Lipinski definition) is 2. The lowest BCUT2D eigenvalue weighted by atomic mass is 10.0. The van der Waals surface area contributed by atoms with Crippen LogP contribution in [0.2, 0.25) is 0 Å². The van der Waals surface area contributed by atoms with Gasteiger partial charge in [0.05, 0.1) is 0 Å². The smallest absolute Gasteiger partial charge is 0.0342 e. The van der Waals surface area contributed by atoms with Crippen molar-refractivity contribution >= 4 is 17.0 Å². The van der Waals surface area contributed by atoms with Gasteiger partial charge in [0, 0.05) is 10.6 Å². The first-order valence-corrected chi connectivity index (χ1v) is 6.71. The van der Waals surface area contributed by atoms with Crippen LogP contribution in [0, 0.1) is 0 Å². The van der Waals surface area contributed by atoms with Gasteiger partial charge in [-0.05, 0) is 40.3 Å². The highest BCUT2D eigenvalue weighted by Crippen LogP contribution is 2.27. The Balaban J connectivity index is 1.94. The van der Waals surface area contributed by atoms with Crippen molar-refractivity contribution < 1.29 is 0 Å². The van der Waals surface area contributed by atoms with Crippen LogP contribution in [0.15, 0.2) is 66.0 Å². The molecule has 0 saturated carbocycles. The van der Waals surface area contributed by atoms with Gasteiger partial charge in [-0.25, -0.2) is 0 Å². The average Bonchev–Trinajstić information content (AvgIpc) is 2.94. The third-order valence-electron chi connectivity index (χ3n) is 2.93. The third-order valence-corrected chi connectivity index (χ3v) is 3.85. The van der Waals surface area contributed by atoms with E-state index in [1.165, 1.54) is 21.6 Å². The minimum Gasteiger partial charge on any atom is -0.399 e. The molecule has 2 heteroatoms. The van der Waals surface area contributed by atoms with Gasteiger partial charge in [0.25, 0.3) is 0 Å². The minimum absolute atomic E-state index is 0.800. The normalized spacial score (nSPS) is 10.4. The molecule has 0 amide bonds. The van der Waals surface area contributed by atoms with Crippen molar-refractivity contribution in [3.63, 3.8) is 0 Å². The molecule has 0 bridgehead atoms. The molecule has 0 radical (unpaired) electrons. The molecule has 1 aromatic heterocycles. The molecule has 0 atom stereocenters. The van der Waals surface area contributed by atoms with Gasteiger partial charge in [-0.2, -0.15) is 0 Å². The number of rotatable bonds is 2. The molecule has 0 unspecified atom stereocenters. The van der Waals surface area contributed by atoms with Crippen LogP contribution < -0.4 is 5.73 Å². The van der Waals surface area contributed by atoms with Crippen LogP contribution in [-0.2, 0) is 0 Å². The number of nitrogens with two attached hydrogens (primary N) is 1. The summed E-state index contributed by atoms with van der Waals surface area (Å²) in [6.07, 6.45) is 0. The first-order chi connectivity index (χ1) is 8.83. The van der Waals surface area contributed by atoms with E-state index in [-0.39, 0.29) is 0 Å². The second kappa shape index (κ2) is 4.67. The molecule has 0 aliphatic rings. The molecule has 1 heterocycles. The van der Waals surface area contributed by atoms with Crippen LogP contribution >= 0.6 is 11.3 Å². The van der Waals surface area contributed by atoms with Crippen molar-refractivity contribution in [1.82, 2.24) is 0 Å². The number of hydrogen-bond donors (Lipinski definition) is 1. The van der Waals surface area contributed by atoms with E-state index in [0.29, 0.717) is 0 Å². The summed E-state index contributed by atoms with van der Waals surface area (Å²) in [6, 6.07) is 20.8. The monoisotopic (exact) mass is 251 g/mol. The highest BCUT2D eigenvalue weighted by molar-refractivity contribution is 7.13. The molecule has 2 aromatic carbocycles. The lowest BCUT2D eigenvalue weighted by Crippen LogP contribution is -1.84. The Bertz CT molecular complexity index is 622. The zero-order valence-electron chi connectivity index (χ0n) is 9.84. The highest BCUT2D eigenvalue weighted by atomic mass is 32.1. The van der Waals surface area contributed by atoms with E-state index in [1.54, 1.807) is 11.3 Å². The lowest BCUT2D eigenvalue weighted by molar-refractivity contribution is 1.61. The van der Waals surface area contributed by atoms with E-state index in [0.717, 1.165) is 5.69 Å². The maximum absolute atomic E-state index is 5.69. The zero-order chi connectivity index (χ0) is 12.4. The summed E-state index contributed by atoms with van der Waals surface area (Å²) < 4.78 is 0. The second-order valence-corrected chi connectivity index (χ2v) is 5.12. The minimum atomic E-state index is 0.800. The fourth-order valence-electron chi connectivity index (χ4n) is 1.95. The predicted molar refractivity (Wildman–Crippen MR) is 79.6 cm³/mol. The molecule has 0 aliphatic carbocycles. The molecule has 0 spiro atoms. The van der Waals surface area contributed by atoms with Crippen LogP contribution in [0.1, 0.15) is 0 Å². The van der Waals surface area contributed by atoms with Gasteiger partial charge < -0.3 is 5.73 Å². The molecule has 3 aromatic rings. The van der Waals surface area contributed by atoms with Crippen LogP contribution in [0.4, 0.5) is 5.69 Å². The van der Waals surface area contributed by atoms with Gasteiger partial charge in [-0.1, -0.05) is 42.5 Å². The summed E-state index contributed by atoms with van der Waals surface area (Å²) in [5.41, 5.74) is 10.2. The number of benzene rings is 2. The van der Waals surface area contributed by atoms with Gasteiger partial charge >= 0.3 is 0 Å². The predicted octanol–water partition coefficient (Wildman–Crippen LogP) is 4.66. The van der Waals surface area contributed by atoms with Gasteiger partial charge in [-0.15, -0.1) is 11.3 Å². The number of nitrogen functional groups attached to an aromatic ring is 1. The van der Waals surface area contributed by atoms with Crippen molar-refractivity contribution in [3.8, 4) is 21.6 Å². The third kappa shape index (κ3) is 2.15. The van der Waals surface area contributed by atoms with Crippen molar-refractivity contribution in [2.24, 2.45) is 0 Å². The Hall–Kier alpha value is -2.06.